The summed E-state index contributed by atoms with van der Waals surface area (Å²) in [5, 5.41) is 17.9. The number of aromatic nitrogens is 1. The molecule has 0 saturated heterocycles. The van der Waals surface area contributed by atoms with Gasteiger partial charge in [-0.15, -0.1) is 0 Å². The van der Waals surface area contributed by atoms with E-state index in [2.05, 4.69) is 27.0 Å². The Balaban J connectivity index is 2.51. The summed E-state index contributed by atoms with van der Waals surface area (Å²) in [7, 11) is 0. The number of aromatic amines is 1. The van der Waals surface area contributed by atoms with Crippen molar-refractivity contribution in [2.45, 2.75) is 19.8 Å². The molecule has 0 atom stereocenters. The average Bonchev–Trinajstić information content (AvgIpc) is 2.52. The van der Waals surface area contributed by atoms with Gasteiger partial charge in [-0.3, -0.25) is 4.79 Å². The molecule has 0 spiro atoms. The number of halogens is 1. The van der Waals surface area contributed by atoms with Crippen LogP contribution in [0, 0.1) is 29.6 Å². The van der Waals surface area contributed by atoms with E-state index in [1.807, 2.05) is 18.2 Å². The molecule has 6 heteroatoms. The summed E-state index contributed by atoms with van der Waals surface area (Å²) >= 11 is 3.40. The van der Waals surface area contributed by atoms with Gasteiger partial charge in [0.2, 0.25) is 0 Å². The molecular weight excluding hydrogens is 358 g/mol. The number of nitrogens with one attached hydrogen (secondary N) is 1. The van der Waals surface area contributed by atoms with Crippen molar-refractivity contribution < 1.29 is 4.74 Å². The predicted molar refractivity (Wildman–Crippen MR) is 90.0 cm³/mol. The fourth-order valence-electron chi connectivity index (χ4n) is 2.18. The molecule has 0 unspecified atom stereocenters. The van der Waals surface area contributed by atoms with Gasteiger partial charge in [-0.25, -0.2) is 0 Å². The van der Waals surface area contributed by atoms with Gasteiger partial charge in [0.15, 0.2) is 0 Å². The third-order valence-electron chi connectivity index (χ3n) is 3.20. The van der Waals surface area contributed by atoms with Gasteiger partial charge in [0.1, 0.15) is 17.4 Å². The molecule has 23 heavy (non-hydrogen) atoms. The number of rotatable bonds is 5. The fourth-order valence-corrected chi connectivity index (χ4v) is 2.55. The molecule has 0 bridgehead atoms. The van der Waals surface area contributed by atoms with Crippen LogP contribution in [-0.2, 0) is 0 Å². The highest BCUT2D eigenvalue weighted by Crippen LogP contribution is 2.34. The van der Waals surface area contributed by atoms with Gasteiger partial charge in [0, 0.05) is 27.7 Å². The Morgan fingerprint density at radius 2 is 2.04 bits per heavy atom. The summed E-state index contributed by atoms with van der Waals surface area (Å²) in [6, 6.07) is 11.2. The Morgan fingerprint density at radius 3 is 2.74 bits per heavy atom. The fraction of sp³-hybridized carbons (Fsp3) is 0.235. The molecule has 1 heterocycles. The van der Waals surface area contributed by atoms with E-state index >= 15 is 0 Å². The zero-order valence-corrected chi connectivity index (χ0v) is 14.1. The molecule has 0 aliphatic heterocycles. The first-order chi connectivity index (χ1) is 11.1. The molecule has 1 N–H and O–H groups in total. The van der Waals surface area contributed by atoms with Crippen LogP contribution in [0.15, 0.2) is 33.5 Å². The molecule has 0 aliphatic carbocycles. The minimum atomic E-state index is -0.419. The van der Waals surface area contributed by atoms with Crippen LogP contribution < -0.4 is 10.3 Å². The van der Waals surface area contributed by atoms with Crippen LogP contribution in [0.2, 0.25) is 0 Å². The molecule has 0 saturated carbocycles. The number of hydrogen-bond donors (Lipinski definition) is 1. The lowest BCUT2D eigenvalue weighted by Crippen LogP contribution is -2.13. The number of pyridine rings is 1. The zero-order chi connectivity index (χ0) is 16.8. The van der Waals surface area contributed by atoms with Crippen molar-refractivity contribution in [1.29, 1.82) is 10.5 Å². The molecule has 1 aromatic heterocycles. The van der Waals surface area contributed by atoms with E-state index in [-0.39, 0.29) is 5.56 Å². The maximum atomic E-state index is 12.0. The molecule has 116 valence electrons. The maximum Gasteiger partial charge on any atom is 0.266 e. The Bertz CT molecular complexity index is 860. The van der Waals surface area contributed by atoms with E-state index in [1.165, 1.54) is 0 Å². The molecule has 0 amide bonds. The van der Waals surface area contributed by atoms with Gasteiger partial charge in [-0.1, -0.05) is 15.9 Å². The van der Waals surface area contributed by atoms with Crippen LogP contribution >= 0.6 is 15.9 Å². The molecule has 2 rings (SSSR count). The second-order valence-electron chi connectivity index (χ2n) is 4.93. The third-order valence-corrected chi connectivity index (χ3v) is 3.70. The Labute approximate surface area is 142 Å². The van der Waals surface area contributed by atoms with Crippen molar-refractivity contribution in [3.8, 4) is 29.0 Å². The zero-order valence-electron chi connectivity index (χ0n) is 12.5. The second-order valence-corrected chi connectivity index (χ2v) is 5.85. The van der Waals surface area contributed by atoms with Crippen molar-refractivity contribution >= 4 is 15.9 Å². The van der Waals surface area contributed by atoms with E-state index in [0.29, 0.717) is 42.0 Å². The van der Waals surface area contributed by atoms with Crippen LogP contribution in [0.25, 0.3) is 11.1 Å². The highest BCUT2D eigenvalue weighted by Gasteiger charge is 2.15. The molecular formula is C17H14BrN3O2. The quantitative estimate of drug-likeness (QED) is 0.811. The van der Waals surface area contributed by atoms with Gasteiger partial charge >= 0.3 is 0 Å². The van der Waals surface area contributed by atoms with Crippen LogP contribution in [0.5, 0.6) is 5.75 Å². The van der Waals surface area contributed by atoms with Crippen LogP contribution in [0.4, 0.5) is 0 Å². The minimum absolute atomic E-state index is 0.0515. The van der Waals surface area contributed by atoms with E-state index in [9.17, 15) is 10.1 Å². The van der Waals surface area contributed by atoms with Crippen molar-refractivity contribution in [3.63, 3.8) is 0 Å². The second kappa shape index (κ2) is 7.62. The highest BCUT2D eigenvalue weighted by atomic mass is 79.9. The van der Waals surface area contributed by atoms with E-state index < -0.39 is 5.56 Å². The van der Waals surface area contributed by atoms with Crippen molar-refractivity contribution in [1.82, 2.24) is 4.98 Å². The molecule has 5 nitrogen and oxygen atoms in total. The van der Waals surface area contributed by atoms with Crippen molar-refractivity contribution in [2.24, 2.45) is 0 Å². The molecule has 0 radical (unpaired) electrons. The molecule has 0 fully saturated rings. The van der Waals surface area contributed by atoms with Gasteiger partial charge in [0.05, 0.1) is 12.7 Å². The molecule has 0 aliphatic rings. The van der Waals surface area contributed by atoms with Gasteiger partial charge < -0.3 is 9.72 Å². The standard InChI is InChI=1S/C17H14BrN3O2/c1-11-8-13(15(10-20)17(22)21-11)14-9-12(18)4-5-16(14)23-7-3-2-6-19/h4-5,8-9H,2-3,7H2,1H3,(H,21,22). The molecule has 1 aromatic carbocycles. The SMILES string of the molecule is Cc1cc(-c2cc(Br)ccc2OCCCC#N)c(C#N)c(=O)[nH]1. The number of unbranched alkanes of at least 4 members (excludes halogenated alkanes) is 1. The number of aryl methyl sites for hydroxylation is 1. The summed E-state index contributed by atoms with van der Waals surface area (Å²) in [5.74, 6) is 0.577. The number of nitriles is 2. The lowest BCUT2D eigenvalue weighted by molar-refractivity contribution is 0.314. The topological polar surface area (TPSA) is 89.7 Å². The molecule has 2 aromatic rings. The van der Waals surface area contributed by atoms with E-state index in [1.54, 1.807) is 19.1 Å². The lowest BCUT2D eigenvalue weighted by atomic mass is 10.00. The summed E-state index contributed by atoms with van der Waals surface area (Å²) in [6.07, 6.45) is 1.03. The van der Waals surface area contributed by atoms with Crippen molar-refractivity contribution in [2.75, 3.05) is 6.61 Å². The van der Waals surface area contributed by atoms with E-state index in [4.69, 9.17) is 10.00 Å². The highest BCUT2D eigenvalue weighted by molar-refractivity contribution is 9.10. The van der Waals surface area contributed by atoms with E-state index in [0.717, 1.165) is 4.47 Å². The van der Waals surface area contributed by atoms with Crippen molar-refractivity contribution in [3.05, 3.63) is 50.3 Å². The van der Waals surface area contributed by atoms with Crippen LogP contribution in [-0.4, -0.2) is 11.6 Å². The average molecular weight is 372 g/mol. The van der Waals surface area contributed by atoms with Gasteiger partial charge in [0.25, 0.3) is 5.56 Å². The summed E-state index contributed by atoms with van der Waals surface area (Å²) in [6.45, 7) is 2.16. The monoisotopic (exact) mass is 371 g/mol. The Hall–Kier alpha value is -2.57. The first-order valence-corrected chi connectivity index (χ1v) is 7.80. The Kier molecular flexibility index (Phi) is 5.56. The number of hydrogen-bond acceptors (Lipinski definition) is 4. The van der Waals surface area contributed by atoms with Gasteiger partial charge in [-0.2, -0.15) is 10.5 Å². The number of benzene rings is 1. The lowest BCUT2D eigenvalue weighted by Gasteiger charge is -2.13. The summed E-state index contributed by atoms with van der Waals surface area (Å²) in [4.78, 5) is 14.6. The third kappa shape index (κ3) is 4.00. The smallest absolute Gasteiger partial charge is 0.266 e. The first-order valence-electron chi connectivity index (χ1n) is 7.00. The largest absolute Gasteiger partial charge is 0.493 e. The number of nitrogens with zero attached hydrogens (tertiary/aromatic N) is 2. The number of H-pyrrole nitrogens is 1. The van der Waals surface area contributed by atoms with Crippen LogP contribution in [0.3, 0.4) is 0 Å². The predicted octanol–water partition coefficient (Wildman–Crippen LogP) is 3.67. The van der Waals surface area contributed by atoms with Gasteiger partial charge in [-0.05, 0) is 37.6 Å². The summed E-state index contributed by atoms with van der Waals surface area (Å²) < 4.78 is 6.55. The summed E-state index contributed by atoms with van der Waals surface area (Å²) in [5.41, 5.74) is 1.50. The minimum Gasteiger partial charge on any atom is -0.493 e. The maximum absolute atomic E-state index is 12.0. The van der Waals surface area contributed by atoms with Crippen LogP contribution in [0.1, 0.15) is 24.1 Å². The normalized spacial score (nSPS) is 9.91. The number of ether oxygens (including phenoxy) is 1. The first kappa shape index (κ1) is 16.8. The Morgan fingerprint density at radius 1 is 1.26 bits per heavy atom.